The Labute approximate surface area is 243 Å². The Morgan fingerprint density at radius 3 is 2.54 bits per heavy atom. The standard InChI is InChI=1S/C32H50O9/c1-17-29(35)24(37-5)14-27(39-17)41-21-8-10-30(3)20(13-21)6-7-23-22(30)9-11-31(4)28(19-12-26(34)38-16-19)25(40-18(2)33)15-32(23,31)36/h12,17-18,20-25,27-29,33,35-36H,6-11,13-16H2,1-5H3/t17?,18?,20?,21?,22-,23?,24?,25?,27?,28?,29?,30?,31?,32?/m0/s1. The first-order valence-electron chi connectivity index (χ1n) is 15.8. The van der Waals surface area contributed by atoms with Crippen LogP contribution in [0.1, 0.15) is 85.5 Å². The Morgan fingerprint density at radius 1 is 1.07 bits per heavy atom. The predicted octanol–water partition coefficient (Wildman–Crippen LogP) is 3.47. The summed E-state index contributed by atoms with van der Waals surface area (Å²) in [5, 5.41) is 33.3. The maximum atomic E-state index is 12.7. The average molecular weight is 579 g/mol. The van der Waals surface area contributed by atoms with Gasteiger partial charge in [0.25, 0.3) is 0 Å². The van der Waals surface area contributed by atoms with E-state index in [-0.39, 0.29) is 60.5 Å². The molecule has 6 aliphatic rings. The van der Waals surface area contributed by atoms with E-state index in [4.69, 9.17) is 23.7 Å². The summed E-state index contributed by atoms with van der Waals surface area (Å²) in [4.78, 5) is 12.0. The second-order valence-electron chi connectivity index (χ2n) is 14.5. The van der Waals surface area contributed by atoms with Gasteiger partial charge in [0.2, 0.25) is 0 Å². The van der Waals surface area contributed by atoms with Crippen LogP contribution in [-0.2, 0) is 28.5 Å². The summed E-state index contributed by atoms with van der Waals surface area (Å²) >= 11 is 0. The van der Waals surface area contributed by atoms with Gasteiger partial charge in [0.15, 0.2) is 12.6 Å². The molecule has 13 unspecified atom stereocenters. The van der Waals surface area contributed by atoms with Crippen molar-refractivity contribution in [3.63, 3.8) is 0 Å². The topological polar surface area (TPSA) is 124 Å². The predicted molar refractivity (Wildman–Crippen MR) is 148 cm³/mol. The summed E-state index contributed by atoms with van der Waals surface area (Å²) in [5.41, 5.74) is -0.418. The third-order valence-corrected chi connectivity index (χ3v) is 12.5. The number of carbonyl (C=O) groups excluding carboxylic acids is 1. The molecule has 0 bridgehead atoms. The molecule has 232 valence electrons. The van der Waals surface area contributed by atoms with E-state index in [1.165, 1.54) is 0 Å². The highest BCUT2D eigenvalue weighted by molar-refractivity contribution is 5.85. The van der Waals surface area contributed by atoms with Crippen molar-refractivity contribution in [1.29, 1.82) is 0 Å². The molecule has 9 heteroatoms. The lowest BCUT2D eigenvalue weighted by atomic mass is 9.43. The second kappa shape index (κ2) is 10.8. The van der Waals surface area contributed by atoms with Gasteiger partial charge in [-0.15, -0.1) is 0 Å². The lowest BCUT2D eigenvalue weighted by Gasteiger charge is -2.63. The molecule has 0 aromatic rings. The minimum absolute atomic E-state index is 0.107. The van der Waals surface area contributed by atoms with Crippen molar-refractivity contribution < 1.29 is 43.8 Å². The van der Waals surface area contributed by atoms with E-state index >= 15 is 0 Å². The fourth-order valence-electron chi connectivity index (χ4n) is 10.5. The molecule has 0 spiro atoms. The quantitative estimate of drug-likeness (QED) is 0.247. The Morgan fingerprint density at radius 2 is 1.85 bits per heavy atom. The van der Waals surface area contributed by atoms with E-state index < -0.39 is 23.4 Å². The summed E-state index contributed by atoms with van der Waals surface area (Å²) < 4.78 is 29.4. The number of hydrogen-bond acceptors (Lipinski definition) is 9. The van der Waals surface area contributed by atoms with Gasteiger partial charge >= 0.3 is 5.97 Å². The zero-order chi connectivity index (χ0) is 29.3. The van der Waals surface area contributed by atoms with E-state index in [1.54, 1.807) is 20.1 Å². The van der Waals surface area contributed by atoms with Crippen LogP contribution in [0.25, 0.3) is 0 Å². The molecule has 6 rings (SSSR count). The lowest BCUT2D eigenvalue weighted by Crippen LogP contribution is -2.62. The first-order valence-corrected chi connectivity index (χ1v) is 15.8. The van der Waals surface area contributed by atoms with Crippen LogP contribution < -0.4 is 0 Å². The van der Waals surface area contributed by atoms with Gasteiger partial charge in [-0.3, -0.25) is 0 Å². The molecule has 0 aromatic carbocycles. The molecule has 3 N–H and O–H groups in total. The summed E-state index contributed by atoms with van der Waals surface area (Å²) in [5.74, 6) is 0.523. The highest BCUT2D eigenvalue weighted by Gasteiger charge is 2.70. The van der Waals surface area contributed by atoms with Crippen LogP contribution in [0.2, 0.25) is 0 Å². The Kier molecular flexibility index (Phi) is 7.91. The van der Waals surface area contributed by atoms with Crippen LogP contribution in [0.4, 0.5) is 0 Å². The van der Waals surface area contributed by atoms with Crippen LogP contribution in [-0.4, -0.2) is 83.7 Å². The fourth-order valence-corrected chi connectivity index (χ4v) is 10.5. The van der Waals surface area contributed by atoms with E-state index in [0.717, 1.165) is 50.5 Å². The smallest absolute Gasteiger partial charge is 0.331 e. The first kappa shape index (κ1) is 30.0. The number of hydrogen-bond donors (Lipinski definition) is 3. The molecule has 41 heavy (non-hydrogen) atoms. The SMILES string of the molecule is COC1CC(OC2CCC3(C)C(CCC4[C@@H]3CCC3(C)C(C5=CC(=O)OC5)C(OC(C)O)CC43O)C2)OC(C)C1O. The fraction of sp³-hybridized carbons (Fsp3) is 0.906. The van der Waals surface area contributed by atoms with Crippen LogP contribution in [0, 0.1) is 34.5 Å². The van der Waals surface area contributed by atoms with Crippen molar-refractivity contribution in [3.05, 3.63) is 11.6 Å². The van der Waals surface area contributed by atoms with Crippen molar-refractivity contribution in [2.45, 2.75) is 134 Å². The minimum Gasteiger partial charge on any atom is -0.458 e. The average Bonchev–Trinajstić information content (AvgIpc) is 3.42. The van der Waals surface area contributed by atoms with E-state index in [1.807, 2.05) is 6.92 Å². The summed E-state index contributed by atoms with van der Waals surface area (Å²) in [6.45, 7) is 8.33. The highest BCUT2D eigenvalue weighted by Crippen LogP contribution is 2.70. The Hall–Kier alpha value is -1.07. The number of fused-ring (bicyclic) bond motifs is 5. The number of aliphatic hydroxyl groups is 3. The van der Waals surface area contributed by atoms with Gasteiger partial charge in [0, 0.05) is 37.4 Å². The van der Waals surface area contributed by atoms with Crippen LogP contribution in [0.5, 0.6) is 0 Å². The van der Waals surface area contributed by atoms with Crippen molar-refractivity contribution in [3.8, 4) is 0 Å². The monoisotopic (exact) mass is 578 g/mol. The van der Waals surface area contributed by atoms with Gasteiger partial charge in [-0.25, -0.2) is 4.79 Å². The summed E-state index contributed by atoms with van der Waals surface area (Å²) in [6.07, 6.45) is 6.54. The lowest BCUT2D eigenvalue weighted by molar-refractivity contribution is -0.273. The van der Waals surface area contributed by atoms with Crippen LogP contribution >= 0.6 is 0 Å². The first-order chi connectivity index (χ1) is 19.4. The third kappa shape index (κ3) is 4.82. The number of carbonyl (C=O) groups is 1. The van der Waals surface area contributed by atoms with Crippen molar-refractivity contribution in [1.82, 2.24) is 0 Å². The van der Waals surface area contributed by atoms with Gasteiger partial charge < -0.3 is 39.0 Å². The third-order valence-electron chi connectivity index (χ3n) is 12.5. The molecule has 2 heterocycles. The van der Waals surface area contributed by atoms with Crippen LogP contribution in [0.15, 0.2) is 11.6 Å². The molecule has 0 radical (unpaired) electrons. The number of methoxy groups -OCH3 is 1. The normalized spacial score (nSPS) is 52.2. The van der Waals surface area contributed by atoms with Gasteiger partial charge in [0.1, 0.15) is 12.7 Å². The van der Waals surface area contributed by atoms with E-state index in [2.05, 4.69) is 13.8 Å². The van der Waals surface area contributed by atoms with Gasteiger partial charge in [0.05, 0.1) is 30.0 Å². The number of aliphatic hydroxyl groups excluding tert-OH is 2. The molecule has 9 nitrogen and oxygen atoms in total. The maximum Gasteiger partial charge on any atom is 0.331 e. The van der Waals surface area contributed by atoms with Crippen LogP contribution in [0.3, 0.4) is 0 Å². The largest absolute Gasteiger partial charge is 0.458 e. The molecule has 0 aromatic heterocycles. The zero-order valence-electron chi connectivity index (χ0n) is 25.3. The van der Waals surface area contributed by atoms with E-state index in [0.29, 0.717) is 24.7 Å². The zero-order valence-corrected chi connectivity index (χ0v) is 25.3. The highest BCUT2D eigenvalue weighted by atomic mass is 16.7. The molecule has 4 saturated carbocycles. The number of ether oxygens (including phenoxy) is 5. The molecule has 14 atom stereocenters. The minimum atomic E-state index is -0.952. The second-order valence-corrected chi connectivity index (χ2v) is 14.5. The van der Waals surface area contributed by atoms with Crippen molar-refractivity contribution >= 4 is 5.97 Å². The summed E-state index contributed by atoms with van der Waals surface area (Å²) in [6, 6.07) is 0. The Bertz CT molecular complexity index is 1030. The molecular formula is C32H50O9. The van der Waals surface area contributed by atoms with Crippen molar-refractivity contribution in [2.24, 2.45) is 34.5 Å². The molecule has 2 aliphatic heterocycles. The number of cyclic esters (lactones) is 1. The van der Waals surface area contributed by atoms with Gasteiger partial charge in [-0.2, -0.15) is 0 Å². The number of esters is 1. The van der Waals surface area contributed by atoms with Gasteiger partial charge in [-0.1, -0.05) is 13.8 Å². The number of rotatable bonds is 6. The maximum absolute atomic E-state index is 12.7. The summed E-state index contributed by atoms with van der Waals surface area (Å²) in [7, 11) is 1.62. The molecule has 1 saturated heterocycles. The molecule has 5 fully saturated rings. The van der Waals surface area contributed by atoms with E-state index in [9.17, 15) is 20.1 Å². The molecular weight excluding hydrogens is 528 g/mol. The van der Waals surface area contributed by atoms with Gasteiger partial charge in [-0.05, 0) is 87.5 Å². The molecule has 0 amide bonds. The molecule has 4 aliphatic carbocycles. The Balaban J connectivity index is 1.19. The van der Waals surface area contributed by atoms with Crippen molar-refractivity contribution in [2.75, 3.05) is 13.7 Å².